The molecular weight excluding hydrogens is 370 g/mol. The molecule has 7 nitrogen and oxygen atoms in total. The second-order valence-corrected chi connectivity index (χ2v) is 8.15. The zero-order chi connectivity index (χ0) is 20.4. The molecule has 3 fully saturated rings. The van der Waals surface area contributed by atoms with Crippen molar-refractivity contribution in [2.24, 2.45) is 11.8 Å². The molecule has 1 aromatic carbocycles. The van der Waals surface area contributed by atoms with Gasteiger partial charge < -0.3 is 9.64 Å². The van der Waals surface area contributed by atoms with Crippen molar-refractivity contribution < 1.29 is 19.1 Å². The average molecular weight is 399 g/mol. The maximum Gasteiger partial charge on any atom is 0.234 e. The maximum absolute atomic E-state index is 12.8. The van der Waals surface area contributed by atoms with Crippen LogP contribution in [0, 0.1) is 11.8 Å². The third-order valence-corrected chi connectivity index (χ3v) is 6.18. The first-order valence-electron chi connectivity index (χ1n) is 10.6. The molecule has 0 unspecified atom stereocenters. The summed E-state index contributed by atoms with van der Waals surface area (Å²) in [5, 5.41) is 0. The fraction of sp³-hybridized carbons (Fsp3) is 0.591. The van der Waals surface area contributed by atoms with Gasteiger partial charge in [-0.3, -0.25) is 24.2 Å². The largest absolute Gasteiger partial charge is 0.494 e. The van der Waals surface area contributed by atoms with Crippen LogP contribution in [0.25, 0.3) is 0 Å². The third-order valence-electron chi connectivity index (χ3n) is 6.18. The number of fused-ring (bicyclic) bond motifs is 1. The van der Waals surface area contributed by atoms with E-state index in [1.807, 2.05) is 36.1 Å². The van der Waals surface area contributed by atoms with Gasteiger partial charge in [-0.25, -0.2) is 0 Å². The van der Waals surface area contributed by atoms with Crippen LogP contribution in [0.2, 0.25) is 0 Å². The van der Waals surface area contributed by atoms with E-state index in [4.69, 9.17) is 4.74 Å². The van der Waals surface area contributed by atoms with Gasteiger partial charge in [0.1, 0.15) is 5.75 Å². The minimum atomic E-state index is -0.224. The molecule has 0 aliphatic carbocycles. The molecule has 0 N–H and O–H groups in total. The first-order chi connectivity index (χ1) is 14.1. The number of carbonyl (C=O) groups excluding carboxylic acids is 3. The van der Waals surface area contributed by atoms with Crippen molar-refractivity contribution >= 4 is 17.7 Å². The van der Waals surface area contributed by atoms with Crippen molar-refractivity contribution in [1.29, 1.82) is 0 Å². The molecule has 4 rings (SSSR count). The Labute approximate surface area is 171 Å². The van der Waals surface area contributed by atoms with E-state index < -0.39 is 0 Å². The van der Waals surface area contributed by atoms with E-state index in [0.29, 0.717) is 45.6 Å². The van der Waals surface area contributed by atoms with Crippen molar-refractivity contribution in [3.63, 3.8) is 0 Å². The van der Waals surface area contributed by atoms with E-state index >= 15 is 0 Å². The SMILES string of the molecule is CCOc1ccc(CN2C[C@@H]3C(=O)N(CCCN4CCCC4=O)C(=O)[C@@H]3C2)cc1. The summed E-state index contributed by atoms with van der Waals surface area (Å²) in [5.74, 6) is 0.512. The lowest BCUT2D eigenvalue weighted by Gasteiger charge is -2.22. The van der Waals surface area contributed by atoms with Gasteiger partial charge in [0.05, 0.1) is 18.4 Å². The van der Waals surface area contributed by atoms with Crippen molar-refractivity contribution in [3.05, 3.63) is 29.8 Å². The summed E-state index contributed by atoms with van der Waals surface area (Å²) < 4.78 is 5.47. The number of hydrogen-bond donors (Lipinski definition) is 0. The Kier molecular flexibility index (Phi) is 5.85. The lowest BCUT2D eigenvalue weighted by Crippen LogP contribution is -2.38. The summed E-state index contributed by atoms with van der Waals surface area (Å²) in [6, 6.07) is 7.99. The number of ether oxygens (including phenoxy) is 1. The third kappa shape index (κ3) is 4.15. The molecule has 3 aliphatic heterocycles. The fourth-order valence-electron chi connectivity index (χ4n) is 4.72. The maximum atomic E-state index is 12.8. The summed E-state index contributed by atoms with van der Waals surface area (Å²) in [7, 11) is 0. The van der Waals surface area contributed by atoms with Crippen LogP contribution < -0.4 is 4.74 Å². The lowest BCUT2D eigenvalue weighted by atomic mass is 10.00. The lowest BCUT2D eigenvalue weighted by molar-refractivity contribution is -0.140. The number of likely N-dealkylation sites (tertiary alicyclic amines) is 3. The van der Waals surface area contributed by atoms with Gasteiger partial charge in [-0.15, -0.1) is 0 Å². The molecule has 0 aromatic heterocycles. The Morgan fingerprint density at radius 3 is 2.28 bits per heavy atom. The number of carbonyl (C=O) groups is 3. The summed E-state index contributed by atoms with van der Waals surface area (Å²) in [4.78, 5) is 42.7. The Balaban J connectivity index is 1.28. The zero-order valence-electron chi connectivity index (χ0n) is 17.0. The molecule has 29 heavy (non-hydrogen) atoms. The normalized spacial score (nSPS) is 24.7. The number of imide groups is 1. The van der Waals surface area contributed by atoms with Crippen LogP contribution in [0.1, 0.15) is 31.7 Å². The topological polar surface area (TPSA) is 70.2 Å². The molecule has 3 saturated heterocycles. The Morgan fingerprint density at radius 1 is 1.00 bits per heavy atom. The first kappa shape index (κ1) is 19.9. The van der Waals surface area contributed by atoms with Gasteiger partial charge in [0.25, 0.3) is 0 Å². The van der Waals surface area contributed by atoms with Gasteiger partial charge in [-0.05, 0) is 37.5 Å². The van der Waals surface area contributed by atoms with Crippen molar-refractivity contribution in [3.8, 4) is 5.75 Å². The van der Waals surface area contributed by atoms with Crippen LogP contribution in [-0.4, -0.2) is 71.8 Å². The van der Waals surface area contributed by atoms with Gasteiger partial charge in [-0.2, -0.15) is 0 Å². The Morgan fingerprint density at radius 2 is 1.69 bits per heavy atom. The smallest absolute Gasteiger partial charge is 0.234 e. The van der Waals surface area contributed by atoms with Gasteiger partial charge in [0, 0.05) is 45.7 Å². The molecule has 0 spiro atoms. The minimum absolute atomic E-state index is 0.0399. The molecule has 3 amide bonds. The van der Waals surface area contributed by atoms with Gasteiger partial charge in [0.2, 0.25) is 17.7 Å². The van der Waals surface area contributed by atoms with Crippen molar-refractivity contribution in [2.45, 2.75) is 32.7 Å². The Bertz CT molecular complexity index is 755. The van der Waals surface area contributed by atoms with Crippen LogP contribution in [0.5, 0.6) is 5.75 Å². The molecule has 0 bridgehead atoms. The fourth-order valence-corrected chi connectivity index (χ4v) is 4.72. The van der Waals surface area contributed by atoms with E-state index in [1.165, 1.54) is 4.90 Å². The van der Waals surface area contributed by atoms with Crippen LogP contribution in [0.3, 0.4) is 0 Å². The standard InChI is InChI=1S/C22H29N3O4/c1-2-29-17-8-6-16(7-9-17)13-23-14-18-19(15-23)22(28)25(21(18)27)12-4-11-24-10-3-5-20(24)26/h6-9,18-19H,2-5,10-15H2,1H3/t18-,19+. The molecule has 0 saturated carbocycles. The predicted molar refractivity (Wildman–Crippen MR) is 107 cm³/mol. The molecule has 0 radical (unpaired) electrons. The second-order valence-electron chi connectivity index (χ2n) is 8.15. The molecular formula is C22H29N3O4. The quantitative estimate of drug-likeness (QED) is 0.620. The molecule has 2 atom stereocenters. The average Bonchev–Trinajstić information content (AvgIpc) is 3.37. The number of rotatable bonds is 8. The van der Waals surface area contributed by atoms with Crippen LogP contribution in [-0.2, 0) is 20.9 Å². The first-order valence-corrected chi connectivity index (χ1v) is 10.6. The van der Waals surface area contributed by atoms with Crippen LogP contribution >= 0.6 is 0 Å². The van der Waals surface area contributed by atoms with Gasteiger partial charge >= 0.3 is 0 Å². The van der Waals surface area contributed by atoms with E-state index in [1.54, 1.807) is 0 Å². The zero-order valence-corrected chi connectivity index (χ0v) is 17.0. The number of amides is 3. The molecule has 7 heteroatoms. The van der Waals surface area contributed by atoms with Gasteiger partial charge in [-0.1, -0.05) is 12.1 Å². The van der Waals surface area contributed by atoms with E-state index in [-0.39, 0.29) is 29.6 Å². The van der Waals surface area contributed by atoms with E-state index in [0.717, 1.165) is 30.8 Å². The Hall–Kier alpha value is -2.41. The monoisotopic (exact) mass is 399 g/mol. The van der Waals surface area contributed by atoms with Crippen molar-refractivity contribution in [2.75, 3.05) is 39.3 Å². The van der Waals surface area contributed by atoms with Crippen LogP contribution in [0.4, 0.5) is 0 Å². The van der Waals surface area contributed by atoms with Crippen molar-refractivity contribution in [1.82, 2.24) is 14.7 Å². The summed E-state index contributed by atoms with van der Waals surface area (Å²) >= 11 is 0. The number of nitrogens with zero attached hydrogens (tertiary/aromatic N) is 3. The van der Waals surface area contributed by atoms with E-state index in [2.05, 4.69) is 4.90 Å². The molecule has 3 heterocycles. The highest BCUT2D eigenvalue weighted by atomic mass is 16.5. The highest BCUT2D eigenvalue weighted by Gasteiger charge is 2.51. The minimum Gasteiger partial charge on any atom is -0.494 e. The molecule has 1 aromatic rings. The highest BCUT2D eigenvalue weighted by Crippen LogP contribution is 2.34. The summed E-state index contributed by atoms with van der Waals surface area (Å²) in [5.41, 5.74) is 1.15. The number of benzene rings is 1. The number of hydrogen-bond acceptors (Lipinski definition) is 5. The van der Waals surface area contributed by atoms with E-state index in [9.17, 15) is 14.4 Å². The predicted octanol–water partition coefficient (Wildman–Crippen LogP) is 1.51. The highest BCUT2D eigenvalue weighted by molar-refractivity contribution is 6.05. The van der Waals surface area contributed by atoms with Gasteiger partial charge in [0.15, 0.2) is 0 Å². The summed E-state index contributed by atoms with van der Waals surface area (Å²) in [6.07, 6.45) is 2.20. The second kappa shape index (κ2) is 8.53. The van der Waals surface area contributed by atoms with Crippen LogP contribution in [0.15, 0.2) is 24.3 Å². The molecule has 156 valence electrons. The molecule has 3 aliphatic rings. The summed E-state index contributed by atoms with van der Waals surface area (Å²) in [6.45, 7) is 6.45.